The fourth-order valence-electron chi connectivity index (χ4n) is 1.58. The highest BCUT2D eigenvalue weighted by atomic mass is 32.2. The molecule has 1 aliphatic rings. The van der Waals surface area contributed by atoms with Crippen molar-refractivity contribution in [3.63, 3.8) is 0 Å². The van der Waals surface area contributed by atoms with E-state index in [1.807, 2.05) is 18.2 Å². The number of allylic oxidation sites excluding steroid dienone is 1. The van der Waals surface area contributed by atoms with E-state index in [9.17, 15) is 8.42 Å². The first-order chi connectivity index (χ1) is 7.09. The van der Waals surface area contributed by atoms with Gasteiger partial charge in [-0.3, -0.25) is 4.99 Å². The van der Waals surface area contributed by atoms with Crippen molar-refractivity contribution in [3.8, 4) is 0 Å². The number of aliphatic imine (C=N–C) groups is 1. The van der Waals surface area contributed by atoms with Gasteiger partial charge in [-0.25, -0.2) is 8.42 Å². The second-order valence-electron chi connectivity index (χ2n) is 3.45. The predicted octanol–water partition coefficient (Wildman–Crippen LogP) is 1.56. The largest absolute Gasteiger partial charge is 0.288 e. The van der Waals surface area contributed by atoms with Crippen molar-refractivity contribution in [2.45, 2.75) is 4.90 Å². The lowest BCUT2D eigenvalue weighted by Gasteiger charge is -2.07. The van der Waals surface area contributed by atoms with Crippen LogP contribution in [0.15, 0.2) is 40.2 Å². The Morgan fingerprint density at radius 1 is 1.27 bits per heavy atom. The number of hydrogen-bond acceptors (Lipinski definition) is 3. The van der Waals surface area contributed by atoms with Gasteiger partial charge in [0.05, 0.1) is 11.4 Å². The van der Waals surface area contributed by atoms with Gasteiger partial charge in [0.15, 0.2) is 9.84 Å². The first-order valence-electron chi connectivity index (χ1n) is 4.57. The van der Waals surface area contributed by atoms with Crippen molar-refractivity contribution in [3.05, 3.63) is 35.9 Å². The van der Waals surface area contributed by atoms with Crippen molar-refractivity contribution >= 4 is 21.6 Å². The lowest BCUT2D eigenvalue weighted by Crippen LogP contribution is -2.02. The molecule has 1 aromatic carbocycles. The molecule has 78 valence electrons. The quantitative estimate of drug-likeness (QED) is 0.760. The maximum atomic E-state index is 11.5. The highest BCUT2D eigenvalue weighted by Crippen LogP contribution is 2.24. The molecule has 0 N–H and O–H groups in total. The summed E-state index contributed by atoms with van der Waals surface area (Å²) in [5, 5.41) is 0. The van der Waals surface area contributed by atoms with Crippen molar-refractivity contribution in [1.29, 1.82) is 0 Å². The van der Waals surface area contributed by atoms with Gasteiger partial charge in [-0.1, -0.05) is 18.2 Å². The van der Waals surface area contributed by atoms with Crippen LogP contribution in [-0.4, -0.2) is 27.4 Å². The van der Waals surface area contributed by atoms with Crippen LogP contribution in [0.4, 0.5) is 0 Å². The van der Waals surface area contributed by atoms with E-state index in [4.69, 9.17) is 0 Å². The average Bonchev–Trinajstić information content (AvgIpc) is 2.69. The van der Waals surface area contributed by atoms with E-state index in [-0.39, 0.29) is 0 Å². The Kier molecular flexibility index (Phi) is 2.44. The third kappa shape index (κ3) is 1.99. The Hall–Kier alpha value is -1.42. The SMILES string of the molecule is CS(=O)(=O)c1ccccc1C1=CC=NC1. The molecule has 0 saturated carbocycles. The highest BCUT2D eigenvalue weighted by Gasteiger charge is 2.15. The smallest absolute Gasteiger partial charge is 0.176 e. The molecule has 0 spiro atoms. The van der Waals surface area contributed by atoms with Crippen LogP contribution in [-0.2, 0) is 9.84 Å². The van der Waals surface area contributed by atoms with E-state index >= 15 is 0 Å². The van der Waals surface area contributed by atoms with Gasteiger partial charge in [0.25, 0.3) is 0 Å². The first kappa shape index (κ1) is 10.1. The molecular weight excluding hydrogens is 210 g/mol. The second-order valence-corrected chi connectivity index (χ2v) is 5.43. The molecule has 0 fully saturated rings. The third-order valence-electron chi connectivity index (χ3n) is 2.28. The van der Waals surface area contributed by atoms with Crippen LogP contribution in [0.3, 0.4) is 0 Å². The summed E-state index contributed by atoms with van der Waals surface area (Å²) in [6.07, 6.45) is 4.78. The molecule has 15 heavy (non-hydrogen) atoms. The summed E-state index contributed by atoms with van der Waals surface area (Å²) < 4.78 is 23.1. The molecule has 1 aliphatic heterocycles. The molecule has 0 radical (unpaired) electrons. The Morgan fingerprint density at radius 2 is 2.00 bits per heavy atom. The van der Waals surface area contributed by atoms with Crippen LogP contribution >= 0.6 is 0 Å². The number of benzene rings is 1. The summed E-state index contributed by atoms with van der Waals surface area (Å²) in [6.45, 7) is 0.562. The fourth-order valence-corrected chi connectivity index (χ4v) is 2.50. The number of sulfone groups is 1. The van der Waals surface area contributed by atoms with E-state index in [1.54, 1.807) is 18.3 Å². The topological polar surface area (TPSA) is 46.5 Å². The van der Waals surface area contributed by atoms with Gasteiger partial charge in [0.1, 0.15) is 0 Å². The Morgan fingerprint density at radius 3 is 2.60 bits per heavy atom. The molecule has 3 nitrogen and oxygen atoms in total. The zero-order valence-electron chi connectivity index (χ0n) is 8.34. The van der Waals surface area contributed by atoms with Gasteiger partial charge in [-0.2, -0.15) is 0 Å². The molecule has 1 aromatic rings. The molecule has 0 aromatic heterocycles. The lowest BCUT2D eigenvalue weighted by molar-refractivity contribution is 0.601. The van der Waals surface area contributed by atoms with Crippen LogP contribution in [0.2, 0.25) is 0 Å². The van der Waals surface area contributed by atoms with Gasteiger partial charge in [-0.05, 0) is 23.3 Å². The van der Waals surface area contributed by atoms with Crippen molar-refractivity contribution < 1.29 is 8.42 Å². The summed E-state index contributed by atoms with van der Waals surface area (Å²) in [6, 6.07) is 7.01. The van der Waals surface area contributed by atoms with E-state index in [0.717, 1.165) is 11.1 Å². The van der Waals surface area contributed by atoms with E-state index < -0.39 is 9.84 Å². The minimum absolute atomic E-state index is 0.377. The van der Waals surface area contributed by atoms with Gasteiger partial charge in [0, 0.05) is 12.5 Å². The van der Waals surface area contributed by atoms with Crippen molar-refractivity contribution in [2.24, 2.45) is 4.99 Å². The van der Waals surface area contributed by atoms with Crippen LogP contribution in [0.25, 0.3) is 5.57 Å². The first-order valence-corrected chi connectivity index (χ1v) is 6.46. The summed E-state index contributed by atoms with van der Waals surface area (Å²) >= 11 is 0. The Balaban J connectivity index is 2.57. The Bertz CT molecular complexity index is 541. The molecule has 0 atom stereocenters. The molecule has 0 unspecified atom stereocenters. The standard InChI is InChI=1S/C11H11NO2S/c1-15(13,14)11-5-3-2-4-10(11)9-6-7-12-8-9/h2-7H,8H2,1H3. The van der Waals surface area contributed by atoms with Gasteiger partial charge < -0.3 is 0 Å². The molecule has 1 heterocycles. The summed E-state index contributed by atoms with van der Waals surface area (Å²) in [4.78, 5) is 4.43. The van der Waals surface area contributed by atoms with Gasteiger partial charge >= 0.3 is 0 Å². The average molecular weight is 221 g/mol. The predicted molar refractivity (Wildman–Crippen MR) is 60.9 cm³/mol. The molecule has 0 aliphatic carbocycles. The minimum atomic E-state index is -3.17. The molecule has 0 bridgehead atoms. The summed E-state index contributed by atoms with van der Waals surface area (Å²) in [5.41, 5.74) is 1.72. The summed E-state index contributed by atoms with van der Waals surface area (Å²) in [7, 11) is -3.17. The van der Waals surface area contributed by atoms with Crippen molar-refractivity contribution in [1.82, 2.24) is 0 Å². The highest BCUT2D eigenvalue weighted by molar-refractivity contribution is 7.90. The summed E-state index contributed by atoms with van der Waals surface area (Å²) in [5.74, 6) is 0. The molecule has 0 amide bonds. The molecular formula is C11H11NO2S. The lowest BCUT2D eigenvalue weighted by atomic mass is 10.1. The maximum Gasteiger partial charge on any atom is 0.176 e. The van der Waals surface area contributed by atoms with Crippen LogP contribution in [0.1, 0.15) is 5.56 Å². The van der Waals surface area contributed by atoms with E-state index in [0.29, 0.717) is 11.4 Å². The third-order valence-corrected chi connectivity index (χ3v) is 3.43. The molecule has 2 rings (SSSR count). The zero-order valence-corrected chi connectivity index (χ0v) is 9.16. The minimum Gasteiger partial charge on any atom is -0.288 e. The van der Waals surface area contributed by atoms with Gasteiger partial charge in [0.2, 0.25) is 0 Å². The second kappa shape index (κ2) is 3.62. The molecule has 0 saturated heterocycles. The van der Waals surface area contributed by atoms with E-state index in [1.165, 1.54) is 6.26 Å². The van der Waals surface area contributed by atoms with Crippen LogP contribution in [0, 0.1) is 0 Å². The number of rotatable bonds is 2. The Labute approximate surface area is 89.1 Å². The zero-order chi connectivity index (χ0) is 10.9. The van der Waals surface area contributed by atoms with Crippen molar-refractivity contribution in [2.75, 3.05) is 12.8 Å². The molecule has 4 heteroatoms. The fraction of sp³-hybridized carbons (Fsp3) is 0.182. The number of nitrogens with zero attached hydrogens (tertiary/aromatic N) is 1. The normalized spacial score (nSPS) is 15.4. The monoisotopic (exact) mass is 221 g/mol. The van der Waals surface area contributed by atoms with Crippen LogP contribution in [0.5, 0.6) is 0 Å². The van der Waals surface area contributed by atoms with E-state index in [2.05, 4.69) is 4.99 Å². The maximum absolute atomic E-state index is 11.5. The van der Waals surface area contributed by atoms with Gasteiger partial charge in [-0.15, -0.1) is 0 Å². The number of hydrogen-bond donors (Lipinski definition) is 0. The van der Waals surface area contributed by atoms with Crippen LogP contribution < -0.4 is 0 Å².